The maximum atomic E-state index is 12.6. The van der Waals surface area contributed by atoms with Crippen LogP contribution in [0.25, 0.3) is 0 Å². The van der Waals surface area contributed by atoms with Crippen molar-refractivity contribution in [2.24, 2.45) is 5.92 Å². The molecule has 1 aliphatic carbocycles. The van der Waals surface area contributed by atoms with Crippen molar-refractivity contribution in [3.63, 3.8) is 0 Å². The maximum absolute atomic E-state index is 12.6. The molecule has 0 spiro atoms. The average Bonchev–Trinajstić information content (AvgIpc) is 3.21. The van der Waals surface area contributed by atoms with E-state index in [0.717, 1.165) is 36.6 Å². The highest BCUT2D eigenvalue weighted by atomic mass is 32.1. The molecule has 3 aliphatic rings. The molecule has 0 bridgehead atoms. The number of carbonyl (C=O) groups is 2. The van der Waals surface area contributed by atoms with Gasteiger partial charge in [-0.15, -0.1) is 11.3 Å². The normalized spacial score (nSPS) is 32.0. The number of rotatable bonds is 5. The monoisotopic (exact) mass is 362 g/mol. The molecule has 4 rings (SSSR count). The van der Waals surface area contributed by atoms with Crippen LogP contribution in [0.4, 0.5) is 0 Å². The average molecular weight is 362 g/mol. The highest BCUT2D eigenvalue weighted by Gasteiger charge is 2.56. The van der Waals surface area contributed by atoms with Gasteiger partial charge in [-0.1, -0.05) is 6.42 Å². The number of hydrogen-bond acceptors (Lipinski definition) is 5. The van der Waals surface area contributed by atoms with Gasteiger partial charge in [-0.2, -0.15) is 0 Å². The molecule has 2 aliphatic heterocycles. The number of nitrogens with one attached hydrogen (secondary N) is 1. The van der Waals surface area contributed by atoms with Crippen LogP contribution >= 0.6 is 11.3 Å². The summed E-state index contributed by atoms with van der Waals surface area (Å²) in [5, 5.41) is 5.20. The van der Waals surface area contributed by atoms with Gasteiger partial charge in [0.05, 0.1) is 29.5 Å². The summed E-state index contributed by atoms with van der Waals surface area (Å²) >= 11 is 1.42. The first kappa shape index (κ1) is 17.2. The third-order valence-corrected chi connectivity index (χ3v) is 6.93. The summed E-state index contributed by atoms with van der Waals surface area (Å²) in [6, 6.07) is 2.40. The smallest absolute Gasteiger partial charge is 0.224 e. The van der Waals surface area contributed by atoms with Crippen LogP contribution in [0.5, 0.6) is 0 Å². The van der Waals surface area contributed by atoms with Gasteiger partial charge in [0.15, 0.2) is 5.78 Å². The van der Waals surface area contributed by atoms with E-state index in [1.54, 1.807) is 6.92 Å². The minimum absolute atomic E-state index is 0.0604. The van der Waals surface area contributed by atoms with Crippen molar-refractivity contribution >= 4 is 23.0 Å². The van der Waals surface area contributed by atoms with Crippen LogP contribution in [-0.2, 0) is 16.0 Å². The van der Waals surface area contributed by atoms with Crippen LogP contribution in [0.3, 0.4) is 0 Å². The van der Waals surface area contributed by atoms with E-state index in [-0.39, 0.29) is 17.7 Å². The van der Waals surface area contributed by atoms with Crippen LogP contribution < -0.4 is 5.32 Å². The Labute approximate surface area is 152 Å². The second kappa shape index (κ2) is 7.17. The molecule has 1 amide bonds. The summed E-state index contributed by atoms with van der Waals surface area (Å²) in [5.41, 5.74) is 0.931. The van der Waals surface area contributed by atoms with Gasteiger partial charge in [0, 0.05) is 12.5 Å². The van der Waals surface area contributed by atoms with Gasteiger partial charge in [0.25, 0.3) is 0 Å². The number of ketones is 1. The van der Waals surface area contributed by atoms with Gasteiger partial charge in [0.2, 0.25) is 5.91 Å². The molecule has 3 heterocycles. The van der Waals surface area contributed by atoms with Crippen LogP contribution in [-0.4, -0.2) is 54.5 Å². The van der Waals surface area contributed by atoms with E-state index >= 15 is 0 Å². The third-order valence-electron chi connectivity index (χ3n) is 5.85. The molecule has 0 aromatic carbocycles. The van der Waals surface area contributed by atoms with Gasteiger partial charge in [-0.3, -0.25) is 14.5 Å². The zero-order chi connectivity index (χ0) is 17.4. The molecule has 0 radical (unpaired) electrons. The van der Waals surface area contributed by atoms with Crippen LogP contribution in [0.15, 0.2) is 11.4 Å². The van der Waals surface area contributed by atoms with Gasteiger partial charge in [-0.05, 0) is 56.3 Å². The summed E-state index contributed by atoms with van der Waals surface area (Å²) in [4.78, 5) is 27.2. The zero-order valence-electron chi connectivity index (χ0n) is 14.7. The molecule has 1 aromatic rings. The fourth-order valence-corrected chi connectivity index (χ4v) is 5.41. The first-order valence-corrected chi connectivity index (χ1v) is 10.2. The summed E-state index contributed by atoms with van der Waals surface area (Å²) in [5.74, 6) is 0.586. The molecule has 0 unspecified atom stereocenters. The van der Waals surface area contributed by atoms with Crippen molar-refractivity contribution in [3.05, 3.63) is 21.9 Å². The summed E-state index contributed by atoms with van der Waals surface area (Å²) in [6.45, 7) is 4.62. The first-order chi connectivity index (χ1) is 12.1. The van der Waals surface area contributed by atoms with E-state index in [4.69, 9.17) is 4.74 Å². The molecule has 5 nitrogen and oxygen atoms in total. The number of hydrogen-bond donors (Lipinski definition) is 1. The molecular formula is C19H26N2O3S. The summed E-state index contributed by atoms with van der Waals surface area (Å²) in [7, 11) is 0. The van der Waals surface area contributed by atoms with Crippen molar-refractivity contribution in [3.8, 4) is 0 Å². The van der Waals surface area contributed by atoms with E-state index in [2.05, 4.69) is 10.2 Å². The summed E-state index contributed by atoms with van der Waals surface area (Å²) in [6.07, 6.45) is 5.51. The SMILES string of the molecule is CC(=O)c1cc(CC(=O)N[C@@H]2[C@@H]3CCO[C@@H]3[C@H]2N2CCCCC2)cs1. The Kier molecular flexibility index (Phi) is 4.93. The lowest BCUT2D eigenvalue weighted by Crippen LogP contribution is -2.71. The lowest BCUT2D eigenvalue weighted by molar-refractivity contribution is -0.129. The summed E-state index contributed by atoms with van der Waals surface area (Å²) < 4.78 is 5.95. The number of nitrogens with zero attached hydrogens (tertiary/aromatic N) is 1. The molecule has 25 heavy (non-hydrogen) atoms. The number of carbonyl (C=O) groups excluding carboxylic acids is 2. The van der Waals surface area contributed by atoms with Gasteiger partial charge >= 0.3 is 0 Å². The molecule has 136 valence electrons. The minimum Gasteiger partial charge on any atom is -0.376 e. The van der Waals surface area contributed by atoms with Crippen LogP contribution in [0.1, 0.15) is 47.8 Å². The number of fused-ring (bicyclic) bond motifs is 1. The van der Waals surface area contributed by atoms with Gasteiger partial charge in [0.1, 0.15) is 0 Å². The predicted molar refractivity (Wildman–Crippen MR) is 97.0 cm³/mol. The van der Waals surface area contributed by atoms with Crippen LogP contribution in [0, 0.1) is 5.92 Å². The molecule has 1 saturated carbocycles. The van der Waals surface area contributed by atoms with E-state index in [9.17, 15) is 9.59 Å². The number of Topliss-reactive ketones (excluding diaryl/α,β-unsaturated/α-hetero) is 1. The largest absolute Gasteiger partial charge is 0.376 e. The molecule has 1 aromatic heterocycles. The van der Waals surface area contributed by atoms with E-state index in [1.165, 1.54) is 30.6 Å². The molecule has 6 heteroatoms. The Bertz CT molecular complexity index is 653. The number of thiophene rings is 1. The lowest BCUT2D eigenvalue weighted by atomic mass is 9.70. The molecule has 1 N–H and O–H groups in total. The number of likely N-dealkylation sites (tertiary alicyclic amines) is 1. The van der Waals surface area contributed by atoms with E-state index in [0.29, 0.717) is 24.5 Å². The van der Waals surface area contributed by atoms with Gasteiger partial charge < -0.3 is 10.1 Å². The molecule has 3 fully saturated rings. The van der Waals surface area contributed by atoms with E-state index in [1.807, 2.05) is 11.4 Å². The predicted octanol–water partition coefficient (Wildman–Crippen LogP) is 2.25. The van der Waals surface area contributed by atoms with Crippen LogP contribution in [0.2, 0.25) is 0 Å². The Morgan fingerprint density at radius 2 is 2.12 bits per heavy atom. The highest BCUT2D eigenvalue weighted by Crippen LogP contribution is 2.42. The number of piperidine rings is 1. The Balaban J connectivity index is 1.39. The Morgan fingerprint density at radius 1 is 1.32 bits per heavy atom. The van der Waals surface area contributed by atoms with Crippen molar-refractivity contribution in [1.82, 2.24) is 10.2 Å². The lowest BCUT2D eigenvalue weighted by Gasteiger charge is -2.53. The number of ether oxygens (including phenoxy) is 1. The first-order valence-electron chi connectivity index (χ1n) is 9.37. The van der Waals surface area contributed by atoms with Crippen molar-refractivity contribution in [1.29, 1.82) is 0 Å². The number of amides is 1. The highest BCUT2D eigenvalue weighted by molar-refractivity contribution is 7.12. The topological polar surface area (TPSA) is 58.6 Å². The molecule has 4 atom stereocenters. The second-order valence-corrected chi connectivity index (χ2v) is 8.43. The fourth-order valence-electron chi connectivity index (χ4n) is 4.60. The van der Waals surface area contributed by atoms with Crippen molar-refractivity contribution in [2.45, 2.75) is 57.2 Å². The standard InChI is InChI=1S/C19H26N2O3S/c1-12(22)15-9-13(11-25-15)10-16(23)20-17-14-5-8-24-19(14)18(17)21-6-3-2-4-7-21/h9,11,14,17-19H,2-8,10H2,1H3,(H,20,23)/t14-,17+,18-,19-/m0/s1. The quantitative estimate of drug-likeness (QED) is 0.816. The minimum atomic E-state index is 0.0604. The maximum Gasteiger partial charge on any atom is 0.224 e. The fraction of sp³-hybridized carbons (Fsp3) is 0.684. The second-order valence-electron chi connectivity index (χ2n) is 7.52. The molecule has 2 saturated heterocycles. The Hall–Kier alpha value is -1.24. The van der Waals surface area contributed by atoms with Gasteiger partial charge in [-0.25, -0.2) is 0 Å². The third kappa shape index (κ3) is 3.39. The Morgan fingerprint density at radius 3 is 2.84 bits per heavy atom. The van der Waals surface area contributed by atoms with E-state index < -0.39 is 0 Å². The molecular weight excluding hydrogens is 336 g/mol. The zero-order valence-corrected chi connectivity index (χ0v) is 15.5. The van der Waals surface area contributed by atoms with Crippen molar-refractivity contribution in [2.75, 3.05) is 19.7 Å². The van der Waals surface area contributed by atoms with Crippen molar-refractivity contribution < 1.29 is 14.3 Å².